The highest BCUT2D eigenvalue weighted by molar-refractivity contribution is 6.12. The van der Waals surface area contributed by atoms with Gasteiger partial charge >= 0.3 is 0 Å². The second kappa shape index (κ2) is 5.62. The molecule has 24 heavy (non-hydrogen) atoms. The van der Waals surface area contributed by atoms with E-state index in [2.05, 4.69) is 25.5 Å². The fraction of sp³-hybridized carbons (Fsp3) is 0.0588. The molecule has 3 heterocycles. The van der Waals surface area contributed by atoms with Crippen molar-refractivity contribution in [1.29, 1.82) is 0 Å². The number of aromatic nitrogens is 4. The average Bonchev–Trinajstić information content (AvgIpc) is 3.20. The van der Waals surface area contributed by atoms with Gasteiger partial charge in [0.05, 0.1) is 23.1 Å². The first-order chi connectivity index (χ1) is 11.7. The Hall–Kier alpha value is -3.48. The molecular formula is C17H13N5O2. The van der Waals surface area contributed by atoms with E-state index in [0.29, 0.717) is 39.6 Å². The quantitative estimate of drug-likeness (QED) is 0.604. The maximum absolute atomic E-state index is 12.7. The van der Waals surface area contributed by atoms with E-state index in [9.17, 15) is 4.79 Å². The molecule has 0 bridgehead atoms. The lowest BCUT2D eigenvalue weighted by molar-refractivity contribution is 0.102. The third-order valence-corrected chi connectivity index (χ3v) is 3.58. The van der Waals surface area contributed by atoms with Crippen LogP contribution >= 0.6 is 0 Å². The second-order valence-corrected chi connectivity index (χ2v) is 5.21. The lowest BCUT2D eigenvalue weighted by atomic mass is 10.1. The van der Waals surface area contributed by atoms with Crippen LogP contribution in [-0.4, -0.2) is 26.1 Å². The summed E-state index contributed by atoms with van der Waals surface area (Å²) < 4.78 is 5.47. The summed E-state index contributed by atoms with van der Waals surface area (Å²) in [5, 5.41) is 9.71. The Morgan fingerprint density at radius 2 is 2.12 bits per heavy atom. The summed E-state index contributed by atoms with van der Waals surface area (Å²) in [6.45, 7) is 1.75. The van der Waals surface area contributed by atoms with Crippen molar-refractivity contribution in [2.45, 2.75) is 6.92 Å². The van der Waals surface area contributed by atoms with Gasteiger partial charge in [-0.3, -0.25) is 14.9 Å². The van der Waals surface area contributed by atoms with Crippen molar-refractivity contribution >= 4 is 22.7 Å². The number of H-pyrrole nitrogens is 1. The minimum atomic E-state index is -0.285. The molecule has 1 amide bonds. The van der Waals surface area contributed by atoms with Crippen LogP contribution in [0, 0.1) is 6.92 Å². The summed E-state index contributed by atoms with van der Waals surface area (Å²) >= 11 is 0. The van der Waals surface area contributed by atoms with E-state index in [1.165, 1.54) is 0 Å². The monoisotopic (exact) mass is 319 g/mol. The van der Waals surface area contributed by atoms with Gasteiger partial charge in [-0.05, 0) is 24.3 Å². The fourth-order valence-corrected chi connectivity index (χ4v) is 2.52. The van der Waals surface area contributed by atoms with Gasteiger partial charge in [0.15, 0.2) is 11.5 Å². The predicted octanol–water partition coefficient (Wildman–Crippen LogP) is 3.17. The van der Waals surface area contributed by atoms with Gasteiger partial charge in [0.2, 0.25) is 0 Å². The summed E-state index contributed by atoms with van der Waals surface area (Å²) in [6, 6.07) is 10.8. The van der Waals surface area contributed by atoms with Crippen LogP contribution in [0.25, 0.3) is 22.5 Å². The van der Waals surface area contributed by atoms with Gasteiger partial charge in [0.25, 0.3) is 5.91 Å². The Labute approximate surface area is 136 Å². The first kappa shape index (κ1) is 14.1. The van der Waals surface area contributed by atoms with E-state index in [1.807, 2.05) is 18.2 Å². The third kappa shape index (κ3) is 2.41. The van der Waals surface area contributed by atoms with Crippen molar-refractivity contribution in [2.75, 3.05) is 5.32 Å². The molecule has 1 aromatic carbocycles. The van der Waals surface area contributed by atoms with Gasteiger partial charge < -0.3 is 9.73 Å². The molecule has 0 atom stereocenters. The molecule has 4 rings (SSSR count). The van der Waals surface area contributed by atoms with E-state index in [0.717, 1.165) is 0 Å². The highest BCUT2D eigenvalue weighted by Crippen LogP contribution is 2.25. The fourth-order valence-electron chi connectivity index (χ4n) is 2.52. The maximum atomic E-state index is 12.7. The molecule has 118 valence electrons. The number of amides is 1. The van der Waals surface area contributed by atoms with Gasteiger partial charge in [-0.25, -0.2) is 4.98 Å². The van der Waals surface area contributed by atoms with Crippen LogP contribution in [0.2, 0.25) is 0 Å². The Kier molecular flexibility index (Phi) is 3.31. The number of fused-ring (bicyclic) bond motifs is 1. The maximum Gasteiger partial charge on any atom is 0.258 e. The number of rotatable bonds is 3. The number of hydrogen-bond acceptors (Lipinski definition) is 5. The number of oxazole rings is 1. The first-order valence-electron chi connectivity index (χ1n) is 7.34. The molecule has 0 aliphatic rings. The normalized spacial score (nSPS) is 10.9. The van der Waals surface area contributed by atoms with Gasteiger partial charge in [0, 0.05) is 13.1 Å². The van der Waals surface area contributed by atoms with E-state index < -0.39 is 0 Å². The molecule has 0 saturated carbocycles. The van der Waals surface area contributed by atoms with E-state index in [4.69, 9.17) is 4.42 Å². The first-order valence-corrected chi connectivity index (χ1v) is 7.34. The van der Waals surface area contributed by atoms with Crippen molar-refractivity contribution in [3.05, 3.63) is 60.2 Å². The number of aromatic amines is 1. The van der Waals surface area contributed by atoms with Crippen molar-refractivity contribution in [3.8, 4) is 11.4 Å². The smallest absolute Gasteiger partial charge is 0.258 e. The Morgan fingerprint density at radius 1 is 1.21 bits per heavy atom. The summed E-state index contributed by atoms with van der Waals surface area (Å²) in [5.74, 6) is 0.232. The molecule has 0 radical (unpaired) electrons. The number of carbonyl (C=O) groups is 1. The third-order valence-electron chi connectivity index (χ3n) is 3.58. The molecule has 2 N–H and O–H groups in total. The van der Waals surface area contributed by atoms with Crippen LogP contribution in [0.3, 0.4) is 0 Å². The van der Waals surface area contributed by atoms with Gasteiger partial charge in [-0.15, -0.1) is 0 Å². The molecule has 3 aromatic heterocycles. The highest BCUT2D eigenvalue weighted by Gasteiger charge is 2.17. The molecule has 0 aliphatic heterocycles. The number of carbonyl (C=O) groups excluding carboxylic acids is 1. The standard InChI is InChI=1S/C17H13N5O2/c1-10-20-15-11(5-4-7-14(15)24-10)17(23)21-13-9-19-22-16(13)12-6-2-3-8-18-12/h2-9H,1H3,(H,19,22)(H,21,23). The van der Waals surface area contributed by atoms with Crippen molar-refractivity contribution in [3.63, 3.8) is 0 Å². The summed E-state index contributed by atoms with van der Waals surface area (Å²) in [5.41, 5.74) is 3.45. The number of aryl methyl sites for hydroxylation is 1. The van der Waals surface area contributed by atoms with Crippen molar-refractivity contribution < 1.29 is 9.21 Å². The number of pyridine rings is 1. The van der Waals surface area contributed by atoms with Crippen LogP contribution in [0.5, 0.6) is 0 Å². The topological polar surface area (TPSA) is 96.7 Å². The van der Waals surface area contributed by atoms with Gasteiger partial charge in [0.1, 0.15) is 11.2 Å². The molecule has 0 unspecified atom stereocenters. The molecule has 4 aromatic rings. The zero-order chi connectivity index (χ0) is 16.5. The zero-order valence-electron chi connectivity index (χ0n) is 12.8. The second-order valence-electron chi connectivity index (χ2n) is 5.21. The van der Waals surface area contributed by atoms with Gasteiger partial charge in [-0.2, -0.15) is 5.10 Å². The number of anilines is 1. The summed E-state index contributed by atoms with van der Waals surface area (Å²) in [4.78, 5) is 21.2. The molecule has 0 aliphatic carbocycles. The van der Waals surface area contributed by atoms with E-state index in [-0.39, 0.29) is 5.91 Å². The van der Waals surface area contributed by atoms with Crippen LogP contribution in [0.15, 0.2) is 53.2 Å². The van der Waals surface area contributed by atoms with Gasteiger partial charge in [-0.1, -0.05) is 12.1 Å². The van der Waals surface area contributed by atoms with E-state index in [1.54, 1.807) is 37.5 Å². The Bertz CT molecular complexity index is 1020. The van der Waals surface area contributed by atoms with Crippen molar-refractivity contribution in [1.82, 2.24) is 20.2 Å². The Balaban J connectivity index is 1.69. The molecular weight excluding hydrogens is 306 g/mol. The van der Waals surface area contributed by atoms with Crippen LogP contribution < -0.4 is 5.32 Å². The minimum absolute atomic E-state index is 0.285. The average molecular weight is 319 g/mol. The van der Waals surface area contributed by atoms with Crippen molar-refractivity contribution in [2.24, 2.45) is 0 Å². The zero-order valence-corrected chi connectivity index (χ0v) is 12.8. The number of hydrogen-bond donors (Lipinski definition) is 2. The molecule has 0 spiro atoms. The van der Waals surface area contributed by atoms with E-state index >= 15 is 0 Å². The Morgan fingerprint density at radius 3 is 2.96 bits per heavy atom. The molecule has 0 saturated heterocycles. The molecule has 7 heteroatoms. The lowest BCUT2D eigenvalue weighted by Gasteiger charge is -2.06. The largest absolute Gasteiger partial charge is 0.441 e. The van der Waals surface area contributed by atoms with Crippen LogP contribution in [-0.2, 0) is 0 Å². The number of nitrogens with zero attached hydrogens (tertiary/aromatic N) is 3. The SMILES string of the molecule is Cc1nc2c(C(=O)Nc3cn[nH]c3-c3ccccn3)cccc2o1. The number of benzene rings is 1. The van der Waals surface area contributed by atoms with Crippen LogP contribution in [0.1, 0.15) is 16.2 Å². The lowest BCUT2D eigenvalue weighted by Crippen LogP contribution is -2.12. The molecule has 7 nitrogen and oxygen atoms in total. The number of nitrogens with one attached hydrogen (secondary N) is 2. The highest BCUT2D eigenvalue weighted by atomic mass is 16.3. The summed E-state index contributed by atoms with van der Waals surface area (Å²) in [6.07, 6.45) is 3.23. The van der Waals surface area contributed by atoms with Crippen LogP contribution in [0.4, 0.5) is 5.69 Å². The summed E-state index contributed by atoms with van der Waals surface area (Å²) in [7, 11) is 0. The predicted molar refractivity (Wildman–Crippen MR) is 88.5 cm³/mol. The minimum Gasteiger partial charge on any atom is -0.441 e. The number of para-hydroxylation sites is 1. The molecule has 0 fully saturated rings.